The highest BCUT2D eigenvalue weighted by atomic mass is 19.1. The Morgan fingerprint density at radius 2 is 2.06 bits per heavy atom. The molecule has 31 heavy (non-hydrogen) atoms. The topological polar surface area (TPSA) is 92.5 Å². The van der Waals surface area contributed by atoms with Gasteiger partial charge in [0.25, 0.3) is 5.91 Å². The standard InChI is InChI=1S/C23H33FN6O/c1-2-20(26)21(28-8-3-4-19(25)16-28)22(31)27-14-17-5-9-30(15-17)29-10-6-23(7-11-29)12-18(24)13-23/h3-5,9,15-16,18H,2,6-8,10-14,25-26H2,1H3,(H,27,31)/b21-20-. The molecule has 2 fully saturated rings. The number of carbonyl (C=O) groups is 1. The van der Waals surface area contributed by atoms with Crippen LogP contribution in [-0.2, 0) is 11.3 Å². The molecule has 0 radical (unpaired) electrons. The molecule has 3 aliphatic rings. The summed E-state index contributed by atoms with van der Waals surface area (Å²) in [5.74, 6) is -0.211. The summed E-state index contributed by atoms with van der Waals surface area (Å²) in [7, 11) is 0. The van der Waals surface area contributed by atoms with E-state index in [1.54, 1.807) is 11.1 Å². The van der Waals surface area contributed by atoms with Crippen LogP contribution < -0.4 is 21.8 Å². The second kappa shape index (κ2) is 8.69. The molecule has 1 aromatic rings. The van der Waals surface area contributed by atoms with Gasteiger partial charge >= 0.3 is 0 Å². The minimum atomic E-state index is -0.595. The van der Waals surface area contributed by atoms with Crippen molar-refractivity contribution in [2.45, 2.75) is 51.7 Å². The van der Waals surface area contributed by atoms with E-state index >= 15 is 0 Å². The lowest BCUT2D eigenvalue weighted by Gasteiger charge is -2.50. The molecule has 168 valence electrons. The summed E-state index contributed by atoms with van der Waals surface area (Å²) in [6.07, 6.45) is 13.1. The number of amides is 1. The third kappa shape index (κ3) is 4.57. The lowest BCUT2D eigenvalue weighted by atomic mass is 9.62. The van der Waals surface area contributed by atoms with Gasteiger partial charge < -0.3 is 26.7 Å². The molecule has 2 aliphatic heterocycles. The summed E-state index contributed by atoms with van der Waals surface area (Å²) in [6, 6.07) is 2.01. The number of carbonyl (C=O) groups excluding carboxylic acids is 1. The van der Waals surface area contributed by atoms with Crippen molar-refractivity contribution in [1.82, 2.24) is 14.9 Å². The highest BCUT2D eigenvalue weighted by molar-refractivity contribution is 5.93. The lowest BCUT2D eigenvalue weighted by Crippen LogP contribution is -2.50. The normalized spacial score (nSPS) is 21.5. The molecule has 1 aromatic heterocycles. The number of piperidine rings is 1. The van der Waals surface area contributed by atoms with Crippen molar-refractivity contribution in [2.24, 2.45) is 16.9 Å². The second-order valence-electron chi connectivity index (χ2n) is 8.95. The van der Waals surface area contributed by atoms with Crippen LogP contribution in [0, 0.1) is 5.41 Å². The maximum atomic E-state index is 13.3. The molecule has 1 saturated carbocycles. The number of allylic oxidation sites excluding steroid dienone is 2. The molecule has 5 N–H and O–H groups in total. The predicted molar refractivity (Wildman–Crippen MR) is 120 cm³/mol. The van der Waals surface area contributed by atoms with Gasteiger partial charge in [-0.2, -0.15) is 0 Å². The molecular weight excluding hydrogens is 395 g/mol. The van der Waals surface area contributed by atoms with Crippen molar-refractivity contribution < 1.29 is 9.18 Å². The number of nitrogens with one attached hydrogen (secondary N) is 1. The largest absolute Gasteiger partial charge is 0.400 e. The fraction of sp³-hybridized carbons (Fsp3) is 0.522. The van der Waals surface area contributed by atoms with Crippen LogP contribution in [0.25, 0.3) is 0 Å². The molecular formula is C23H33FN6O. The molecule has 8 heteroatoms. The minimum absolute atomic E-state index is 0.211. The number of aromatic nitrogens is 1. The van der Waals surface area contributed by atoms with Crippen molar-refractivity contribution in [1.29, 1.82) is 0 Å². The number of nitrogens with zero attached hydrogens (tertiary/aromatic N) is 3. The number of hydrogen-bond donors (Lipinski definition) is 3. The zero-order valence-electron chi connectivity index (χ0n) is 18.2. The van der Waals surface area contributed by atoms with Gasteiger partial charge in [0.1, 0.15) is 11.9 Å². The van der Waals surface area contributed by atoms with Crippen LogP contribution >= 0.6 is 0 Å². The monoisotopic (exact) mass is 428 g/mol. The van der Waals surface area contributed by atoms with Crippen LogP contribution in [0.5, 0.6) is 0 Å². The highest BCUT2D eigenvalue weighted by Crippen LogP contribution is 2.50. The first-order valence-electron chi connectivity index (χ1n) is 11.1. The first-order chi connectivity index (χ1) is 14.9. The zero-order chi connectivity index (χ0) is 22.0. The average molecular weight is 429 g/mol. The Hall–Kier alpha value is -2.90. The SMILES string of the molecule is CC/C(N)=C(\C(=O)NCc1ccn(N2CCC3(CC2)CC(F)C3)c1)N1C=C(N)C=CC1. The van der Waals surface area contributed by atoms with Crippen LogP contribution in [0.2, 0.25) is 0 Å². The van der Waals surface area contributed by atoms with Crippen LogP contribution in [0.3, 0.4) is 0 Å². The molecule has 1 spiro atoms. The first kappa shape index (κ1) is 21.3. The molecule has 1 saturated heterocycles. The van der Waals surface area contributed by atoms with Gasteiger partial charge in [-0.05, 0) is 55.2 Å². The summed E-state index contributed by atoms with van der Waals surface area (Å²) >= 11 is 0. The van der Waals surface area contributed by atoms with E-state index in [0.29, 0.717) is 36.6 Å². The zero-order valence-corrected chi connectivity index (χ0v) is 18.2. The van der Waals surface area contributed by atoms with Crippen LogP contribution in [0.1, 0.15) is 44.6 Å². The maximum Gasteiger partial charge on any atom is 0.269 e. The van der Waals surface area contributed by atoms with Gasteiger partial charge in [0.2, 0.25) is 0 Å². The molecule has 0 atom stereocenters. The highest BCUT2D eigenvalue weighted by Gasteiger charge is 2.46. The van der Waals surface area contributed by atoms with Gasteiger partial charge in [-0.3, -0.25) is 9.47 Å². The van der Waals surface area contributed by atoms with Gasteiger partial charge in [0.15, 0.2) is 0 Å². The van der Waals surface area contributed by atoms with Crippen LogP contribution in [-0.4, -0.2) is 41.3 Å². The molecule has 0 unspecified atom stereocenters. The van der Waals surface area contributed by atoms with Crippen molar-refractivity contribution in [3.8, 4) is 0 Å². The number of nitrogens with two attached hydrogens (primary N) is 2. The van der Waals surface area contributed by atoms with Crippen molar-refractivity contribution >= 4 is 5.91 Å². The van der Waals surface area contributed by atoms with E-state index in [1.807, 2.05) is 37.5 Å². The molecule has 0 aromatic carbocycles. The number of rotatable bonds is 6. The van der Waals surface area contributed by atoms with Gasteiger partial charge in [-0.1, -0.05) is 13.0 Å². The van der Waals surface area contributed by atoms with E-state index in [9.17, 15) is 9.18 Å². The molecule has 3 heterocycles. The summed E-state index contributed by atoms with van der Waals surface area (Å²) in [4.78, 5) is 14.7. The van der Waals surface area contributed by atoms with Crippen molar-refractivity contribution in [3.05, 3.63) is 59.5 Å². The van der Waals surface area contributed by atoms with Crippen LogP contribution in [0.4, 0.5) is 4.39 Å². The Morgan fingerprint density at radius 3 is 2.71 bits per heavy atom. The number of halogens is 1. The molecule has 1 amide bonds. The van der Waals surface area contributed by atoms with E-state index in [-0.39, 0.29) is 11.3 Å². The summed E-state index contributed by atoms with van der Waals surface area (Å²) in [5, 5.41) is 5.28. The first-order valence-corrected chi connectivity index (χ1v) is 11.1. The summed E-state index contributed by atoms with van der Waals surface area (Å²) in [5.41, 5.74) is 14.9. The molecule has 4 rings (SSSR count). The quantitative estimate of drug-likeness (QED) is 0.604. The van der Waals surface area contributed by atoms with Crippen molar-refractivity contribution in [2.75, 3.05) is 24.6 Å². The summed E-state index contributed by atoms with van der Waals surface area (Å²) in [6.45, 7) is 4.76. The lowest BCUT2D eigenvalue weighted by molar-refractivity contribution is -0.118. The maximum absolute atomic E-state index is 13.3. The van der Waals surface area contributed by atoms with Crippen molar-refractivity contribution in [3.63, 3.8) is 0 Å². The Balaban J connectivity index is 1.34. The van der Waals surface area contributed by atoms with E-state index in [2.05, 4.69) is 15.0 Å². The molecule has 0 bridgehead atoms. The fourth-order valence-corrected chi connectivity index (χ4v) is 4.83. The van der Waals surface area contributed by atoms with Gasteiger partial charge in [-0.25, -0.2) is 4.39 Å². The van der Waals surface area contributed by atoms with Crippen LogP contribution in [0.15, 0.2) is 53.9 Å². The van der Waals surface area contributed by atoms with E-state index in [1.165, 1.54) is 0 Å². The van der Waals surface area contributed by atoms with Gasteiger partial charge in [0, 0.05) is 56.2 Å². The van der Waals surface area contributed by atoms with E-state index < -0.39 is 6.17 Å². The Morgan fingerprint density at radius 1 is 1.32 bits per heavy atom. The fourth-order valence-electron chi connectivity index (χ4n) is 4.83. The minimum Gasteiger partial charge on any atom is -0.400 e. The van der Waals surface area contributed by atoms with E-state index in [0.717, 1.165) is 44.3 Å². The Bertz CT molecular complexity index is 901. The van der Waals surface area contributed by atoms with Gasteiger partial charge in [-0.15, -0.1) is 0 Å². The Labute approximate surface area is 183 Å². The molecule has 1 aliphatic carbocycles. The smallest absolute Gasteiger partial charge is 0.269 e. The number of alkyl halides is 1. The third-order valence-electron chi connectivity index (χ3n) is 6.73. The predicted octanol–water partition coefficient (Wildman–Crippen LogP) is 2.21. The third-order valence-corrected chi connectivity index (χ3v) is 6.73. The Kier molecular flexibility index (Phi) is 5.98. The van der Waals surface area contributed by atoms with Gasteiger partial charge in [0.05, 0.1) is 0 Å². The summed E-state index contributed by atoms with van der Waals surface area (Å²) < 4.78 is 15.4. The second-order valence-corrected chi connectivity index (χ2v) is 8.95. The molecule has 7 nitrogen and oxygen atoms in total. The number of hydrogen-bond acceptors (Lipinski definition) is 5. The van der Waals surface area contributed by atoms with E-state index in [4.69, 9.17) is 11.5 Å². The average Bonchev–Trinajstić information content (AvgIpc) is 3.21.